The molecule has 2 aromatic carbocycles. The number of nitrogens with zero attached hydrogens (tertiary/aromatic N) is 1. The number of hydrogen-bond donors (Lipinski definition) is 8. The fraction of sp³-hybridized carbons (Fsp3) is 0.500. The Morgan fingerprint density at radius 2 is 1.25 bits per heavy atom. The molecule has 17 nitrogen and oxygen atoms in total. The molecule has 8 atom stereocenters. The molecule has 1 aliphatic heterocycles. The molecule has 306 valence electrons. The van der Waals surface area contributed by atoms with E-state index in [-0.39, 0.29) is 30.9 Å². The van der Waals surface area contributed by atoms with Gasteiger partial charge in [-0.3, -0.25) is 33.6 Å². The number of ether oxygens (including phenoxy) is 1. The van der Waals surface area contributed by atoms with E-state index in [0.29, 0.717) is 24.4 Å². The Morgan fingerprint density at radius 3 is 1.80 bits per heavy atom. The minimum Gasteiger partial charge on any atom is -0.391 e. The first kappa shape index (κ1) is 45.4. The van der Waals surface area contributed by atoms with Gasteiger partial charge >= 0.3 is 0 Å². The SMILES string of the molecule is C[C@H](NC(=O)[C@@H](NC(=O)[C@H](CCN)NC(=O)c1ccc(-c2ccc(Cl)cc2)cc1)[C@@H](C)O)C(=O)N[C@@H](CCCCN)C(=O)N[C@@H](C)C(=O)C1OC1C(=O)N(C)C. The number of Topliss-reactive ketones (excluding diaryl/α,β-unsaturated/α-hetero) is 1. The van der Waals surface area contributed by atoms with Crippen molar-refractivity contribution in [1.29, 1.82) is 0 Å². The lowest BCUT2D eigenvalue weighted by atomic mass is 10.0. The molecule has 0 aromatic heterocycles. The van der Waals surface area contributed by atoms with Crippen LogP contribution in [0.5, 0.6) is 0 Å². The van der Waals surface area contributed by atoms with Crippen molar-refractivity contribution in [2.24, 2.45) is 11.5 Å². The van der Waals surface area contributed by atoms with Gasteiger partial charge in [-0.2, -0.15) is 0 Å². The lowest BCUT2D eigenvalue weighted by Gasteiger charge is -2.26. The maximum atomic E-state index is 13.3. The number of ketones is 1. The van der Waals surface area contributed by atoms with E-state index in [1.165, 1.54) is 39.8 Å². The van der Waals surface area contributed by atoms with Gasteiger partial charge in [-0.05, 0) is 94.9 Å². The Balaban J connectivity index is 1.61. The third kappa shape index (κ3) is 13.1. The Labute approximate surface area is 331 Å². The van der Waals surface area contributed by atoms with Gasteiger partial charge in [0, 0.05) is 24.7 Å². The molecule has 6 amide bonds. The van der Waals surface area contributed by atoms with Gasteiger partial charge in [0.25, 0.3) is 11.8 Å². The van der Waals surface area contributed by atoms with E-state index in [0.717, 1.165) is 11.1 Å². The zero-order chi connectivity index (χ0) is 41.7. The van der Waals surface area contributed by atoms with Crippen LogP contribution in [0.1, 0.15) is 56.8 Å². The topological polar surface area (TPSA) is 268 Å². The first-order chi connectivity index (χ1) is 26.5. The third-order valence-corrected chi connectivity index (χ3v) is 9.29. The summed E-state index contributed by atoms with van der Waals surface area (Å²) in [6, 6.07) is 7.72. The second-order valence-corrected chi connectivity index (χ2v) is 14.3. The number of amides is 6. The number of halogens is 1. The van der Waals surface area contributed by atoms with Crippen LogP contribution in [0.4, 0.5) is 0 Å². The summed E-state index contributed by atoms with van der Waals surface area (Å²) in [7, 11) is 3.06. The minimum absolute atomic E-state index is 0.00762. The highest BCUT2D eigenvalue weighted by atomic mass is 35.5. The van der Waals surface area contributed by atoms with Crippen LogP contribution in [0.3, 0.4) is 0 Å². The lowest BCUT2D eigenvalue weighted by Crippen LogP contribution is -2.60. The molecule has 0 spiro atoms. The van der Waals surface area contributed by atoms with Crippen LogP contribution in [-0.4, -0.2) is 127 Å². The highest BCUT2D eigenvalue weighted by Crippen LogP contribution is 2.26. The zero-order valence-corrected chi connectivity index (χ0v) is 32.9. The molecular formula is C38H53ClN8O9. The maximum Gasteiger partial charge on any atom is 0.254 e. The highest BCUT2D eigenvalue weighted by Gasteiger charge is 2.52. The Kier molecular flexibility index (Phi) is 17.4. The van der Waals surface area contributed by atoms with Gasteiger partial charge < -0.3 is 52.8 Å². The lowest BCUT2D eigenvalue weighted by molar-refractivity contribution is -0.135. The zero-order valence-electron chi connectivity index (χ0n) is 32.2. The van der Waals surface area contributed by atoms with Crippen molar-refractivity contribution in [3.8, 4) is 11.1 Å². The van der Waals surface area contributed by atoms with Crippen LogP contribution in [0, 0.1) is 0 Å². The van der Waals surface area contributed by atoms with Gasteiger partial charge in [0.1, 0.15) is 24.2 Å². The molecule has 10 N–H and O–H groups in total. The molecule has 0 aliphatic carbocycles. The molecule has 2 unspecified atom stereocenters. The number of unbranched alkanes of at least 4 members (excludes halogenated alkanes) is 1. The number of carbonyl (C=O) groups is 7. The quantitative estimate of drug-likeness (QED) is 0.0582. The van der Waals surface area contributed by atoms with Crippen LogP contribution >= 0.6 is 11.6 Å². The monoisotopic (exact) mass is 800 g/mol. The minimum atomic E-state index is -1.54. The van der Waals surface area contributed by atoms with Gasteiger partial charge in [0.05, 0.1) is 12.1 Å². The van der Waals surface area contributed by atoms with Crippen LogP contribution in [0.25, 0.3) is 11.1 Å². The van der Waals surface area contributed by atoms with E-state index in [4.69, 9.17) is 27.8 Å². The van der Waals surface area contributed by atoms with E-state index in [9.17, 15) is 38.7 Å². The van der Waals surface area contributed by atoms with E-state index in [1.54, 1.807) is 36.4 Å². The standard InChI is InChI=1S/C38H53ClN8O9/c1-20(30(49)31-32(56-31)38(55)47(4)5)42-35(52)27(8-6-7-18-40)44-33(50)21(2)43-37(54)29(22(3)48)46-36(53)28(17-19-41)45-34(51)25-11-9-23(10-12-25)24-13-15-26(39)16-14-24/h9-16,20-22,27-29,31-32,48H,6-8,17-19,40-41H2,1-5H3,(H,42,52)(H,43,54)(H,44,50)(H,45,51)(H,46,53)/t20-,21-,22+,27-,28-,29-,31?,32?/m0/s1. The predicted molar refractivity (Wildman–Crippen MR) is 208 cm³/mol. The van der Waals surface area contributed by atoms with Gasteiger partial charge in [-0.15, -0.1) is 0 Å². The Bertz CT molecular complexity index is 1710. The van der Waals surface area contributed by atoms with Crippen molar-refractivity contribution >= 4 is 52.8 Å². The molecule has 1 fully saturated rings. The first-order valence-electron chi connectivity index (χ1n) is 18.4. The van der Waals surface area contributed by atoms with Crippen LogP contribution < -0.4 is 38.1 Å². The van der Waals surface area contributed by atoms with E-state index < -0.39 is 83.8 Å². The van der Waals surface area contributed by atoms with Gasteiger partial charge in [-0.25, -0.2) is 0 Å². The molecular weight excluding hydrogens is 748 g/mol. The third-order valence-electron chi connectivity index (χ3n) is 9.04. The number of likely N-dealkylation sites (N-methyl/N-ethyl adjacent to an activating group) is 1. The Hall–Kier alpha value is -4.94. The van der Waals surface area contributed by atoms with Gasteiger partial charge in [0.2, 0.25) is 23.6 Å². The molecule has 56 heavy (non-hydrogen) atoms. The number of benzene rings is 2. The summed E-state index contributed by atoms with van der Waals surface area (Å²) in [5.41, 5.74) is 13.3. The molecule has 1 heterocycles. The second kappa shape index (κ2) is 21.4. The predicted octanol–water partition coefficient (Wildman–Crippen LogP) is -0.632. The van der Waals surface area contributed by atoms with Crippen LogP contribution in [0.2, 0.25) is 5.02 Å². The van der Waals surface area contributed by atoms with Crippen LogP contribution in [0.15, 0.2) is 48.5 Å². The summed E-state index contributed by atoms with van der Waals surface area (Å²) in [5, 5.41) is 23.7. The van der Waals surface area contributed by atoms with E-state index in [1.807, 2.05) is 12.1 Å². The van der Waals surface area contributed by atoms with Crippen molar-refractivity contribution < 1.29 is 43.4 Å². The fourth-order valence-electron chi connectivity index (χ4n) is 5.62. The molecule has 2 aromatic rings. The largest absolute Gasteiger partial charge is 0.391 e. The van der Waals surface area contributed by atoms with Crippen molar-refractivity contribution in [3.63, 3.8) is 0 Å². The summed E-state index contributed by atoms with van der Waals surface area (Å²) < 4.78 is 5.23. The van der Waals surface area contributed by atoms with Crippen molar-refractivity contribution in [3.05, 3.63) is 59.1 Å². The second-order valence-electron chi connectivity index (χ2n) is 13.8. The van der Waals surface area contributed by atoms with Crippen LogP contribution in [-0.2, 0) is 33.5 Å². The van der Waals surface area contributed by atoms with E-state index >= 15 is 0 Å². The smallest absolute Gasteiger partial charge is 0.254 e. The molecule has 0 radical (unpaired) electrons. The highest BCUT2D eigenvalue weighted by molar-refractivity contribution is 6.30. The normalized spacial score (nSPS) is 17.8. The van der Waals surface area contributed by atoms with Gasteiger partial charge in [-0.1, -0.05) is 35.9 Å². The number of aliphatic hydroxyl groups excluding tert-OH is 1. The molecule has 1 saturated heterocycles. The summed E-state index contributed by atoms with van der Waals surface area (Å²) >= 11 is 5.97. The summed E-state index contributed by atoms with van der Waals surface area (Å²) in [6.45, 7) is 4.39. The number of aliphatic hydroxyl groups is 1. The first-order valence-corrected chi connectivity index (χ1v) is 18.7. The Morgan fingerprint density at radius 1 is 0.696 bits per heavy atom. The van der Waals surface area contributed by atoms with Crippen molar-refractivity contribution in [2.45, 2.75) is 95.0 Å². The summed E-state index contributed by atoms with van der Waals surface area (Å²) in [5.74, 6) is -4.61. The average Bonchev–Trinajstić information content (AvgIpc) is 3.96. The number of carbonyl (C=O) groups excluding carboxylic acids is 7. The number of rotatable bonds is 21. The molecule has 1 aliphatic rings. The maximum absolute atomic E-state index is 13.3. The van der Waals surface area contributed by atoms with Crippen molar-refractivity contribution in [1.82, 2.24) is 31.5 Å². The van der Waals surface area contributed by atoms with E-state index in [2.05, 4.69) is 26.6 Å². The fourth-order valence-corrected chi connectivity index (χ4v) is 5.75. The molecule has 0 bridgehead atoms. The number of nitrogens with two attached hydrogens (primary N) is 2. The number of hydrogen-bond acceptors (Lipinski definition) is 11. The average molecular weight is 801 g/mol. The molecule has 18 heteroatoms. The summed E-state index contributed by atoms with van der Waals surface area (Å²) in [6.07, 6.45) is -2.19. The number of nitrogens with one attached hydrogen (secondary N) is 5. The van der Waals surface area contributed by atoms with Crippen molar-refractivity contribution in [2.75, 3.05) is 27.2 Å². The summed E-state index contributed by atoms with van der Waals surface area (Å²) in [4.78, 5) is 92.5. The molecule has 3 rings (SSSR count). The molecule has 0 saturated carbocycles. The van der Waals surface area contributed by atoms with Gasteiger partial charge in [0.15, 0.2) is 18.0 Å². The number of epoxide rings is 1.